The first-order chi connectivity index (χ1) is 6.97. The number of hydrogen-bond acceptors (Lipinski definition) is 3. The van der Waals surface area contributed by atoms with Crippen molar-refractivity contribution in [3.63, 3.8) is 0 Å². The first kappa shape index (κ1) is 11.4. The molecule has 0 aliphatic heterocycles. The maximum atomic E-state index is 11.5. The second kappa shape index (κ2) is 4.21. The second-order valence-corrected chi connectivity index (χ2v) is 3.47. The first-order valence-electron chi connectivity index (χ1n) is 4.76. The van der Waals surface area contributed by atoms with Crippen molar-refractivity contribution in [3.8, 4) is 0 Å². The summed E-state index contributed by atoms with van der Waals surface area (Å²) in [6.45, 7) is 5.33. The van der Waals surface area contributed by atoms with Crippen LogP contribution in [0.2, 0.25) is 0 Å². The number of hydrogen-bond donors (Lipinski definition) is 0. The summed E-state index contributed by atoms with van der Waals surface area (Å²) in [4.78, 5) is 21.7. The van der Waals surface area contributed by atoms with Crippen LogP contribution >= 0.6 is 0 Å². The van der Waals surface area contributed by atoms with Crippen LogP contribution in [0.15, 0.2) is 12.1 Å². The summed E-state index contributed by atoms with van der Waals surface area (Å²) in [5.41, 5.74) is 2.05. The standard InChI is InChI=1S/C11H13NO3/c1-4-11(13)10-6-9(12(14)15)5-7(2)8(10)3/h5-6H,4H2,1-3H3. The fourth-order valence-corrected chi connectivity index (χ4v) is 1.43. The van der Waals surface area contributed by atoms with Crippen molar-refractivity contribution in [3.05, 3.63) is 38.9 Å². The van der Waals surface area contributed by atoms with Gasteiger partial charge in [0, 0.05) is 24.1 Å². The van der Waals surface area contributed by atoms with Crippen LogP contribution in [-0.2, 0) is 0 Å². The SMILES string of the molecule is CCC(=O)c1cc([N+](=O)[O-])cc(C)c1C. The summed E-state index contributed by atoms with van der Waals surface area (Å²) < 4.78 is 0. The van der Waals surface area contributed by atoms with Gasteiger partial charge in [-0.3, -0.25) is 14.9 Å². The van der Waals surface area contributed by atoms with Crippen molar-refractivity contribution in [2.75, 3.05) is 0 Å². The van der Waals surface area contributed by atoms with E-state index in [1.54, 1.807) is 13.8 Å². The number of nitro benzene ring substituents is 1. The van der Waals surface area contributed by atoms with Crippen molar-refractivity contribution in [2.24, 2.45) is 0 Å². The van der Waals surface area contributed by atoms with E-state index in [1.807, 2.05) is 6.92 Å². The van der Waals surface area contributed by atoms with Crippen LogP contribution in [0.3, 0.4) is 0 Å². The summed E-state index contributed by atoms with van der Waals surface area (Å²) in [6, 6.07) is 2.84. The monoisotopic (exact) mass is 207 g/mol. The maximum Gasteiger partial charge on any atom is 0.270 e. The highest BCUT2D eigenvalue weighted by Crippen LogP contribution is 2.22. The van der Waals surface area contributed by atoms with E-state index in [1.165, 1.54) is 12.1 Å². The Hall–Kier alpha value is -1.71. The Labute approximate surface area is 88.1 Å². The molecule has 0 atom stereocenters. The van der Waals surface area contributed by atoms with Gasteiger partial charge in [-0.1, -0.05) is 6.92 Å². The van der Waals surface area contributed by atoms with Crippen molar-refractivity contribution in [2.45, 2.75) is 27.2 Å². The summed E-state index contributed by atoms with van der Waals surface area (Å²) in [5.74, 6) is -0.0562. The average molecular weight is 207 g/mol. The van der Waals surface area contributed by atoms with Crippen LogP contribution in [-0.4, -0.2) is 10.7 Å². The molecule has 0 aliphatic rings. The minimum absolute atomic E-state index is 0.0186. The van der Waals surface area contributed by atoms with Gasteiger partial charge < -0.3 is 0 Å². The lowest BCUT2D eigenvalue weighted by Crippen LogP contribution is -2.03. The quantitative estimate of drug-likeness (QED) is 0.435. The molecule has 4 nitrogen and oxygen atoms in total. The van der Waals surface area contributed by atoms with E-state index in [9.17, 15) is 14.9 Å². The van der Waals surface area contributed by atoms with E-state index in [-0.39, 0.29) is 11.5 Å². The Morgan fingerprint density at radius 3 is 2.47 bits per heavy atom. The molecule has 0 aromatic heterocycles. The van der Waals surface area contributed by atoms with Crippen molar-refractivity contribution in [1.82, 2.24) is 0 Å². The number of ketones is 1. The van der Waals surface area contributed by atoms with Crippen LogP contribution in [0.25, 0.3) is 0 Å². The third-order valence-electron chi connectivity index (χ3n) is 2.48. The average Bonchev–Trinajstić information content (AvgIpc) is 2.20. The molecule has 0 heterocycles. The number of Topliss-reactive ketones (excluding diaryl/α,β-unsaturated/α-hetero) is 1. The molecular formula is C11H13NO3. The predicted molar refractivity (Wildman–Crippen MR) is 57.2 cm³/mol. The smallest absolute Gasteiger partial charge is 0.270 e. The molecule has 80 valence electrons. The molecule has 0 saturated carbocycles. The molecule has 1 aromatic rings. The molecule has 0 fully saturated rings. The van der Waals surface area contributed by atoms with Crippen LogP contribution in [0.5, 0.6) is 0 Å². The molecule has 1 rings (SSSR count). The predicted octanol–water partition coefficient (Wildman–Crippen LogP) is 2.80. The minimum atomic E-state index is -0.473. The number of carbonyl (C=O) groups is 1. The summed E-state index contributed by atoms with van der Waals surface area (Å²) >= 11 is 0. The van der Waals surface area contributed by atoms with E-state index < -0.39 is 4.92 Å². The fraction of sp³-hybridized carbons (Fsp3) is 0.364. The Bertz CT molecular complexity index is 424. The lowest BCUT2D eigenvalue weighted by atomic mass is 9.98. The molecule has 15 heavy (non-hydrogen) atoms. The van der Waals surface area contributed by atoms with E-state index >= 15 is 0 Å². The van der Waals surface area contributed by atoms with Crippen molar-refractivity contribution >= 4 is 11.5 Å². The summed E-state index contributed by atoms with van der Waals surface area (Å²) in [6.07, 6.45) is 0.363. The number of non-ortho nitro benzene ring substituents is 1. The molecule has 0 aliphatic carbocycles. The molecule has 0 N–H and O–H groups in total. The first-order valence-corrected chi connectivity index (χ1v) is 4.76. The number of nitro groups is 1. The third-order valence-corrected chi connectivity index (χ3v) is 2.48. The van der Waals surface area contributed by atoms with E-state index in [4.69, 9.17) is 0 Å². The molecule has 0 saturated heterocycles. The van der Waals surface area contributed by atoms with Gasteiger partial charge in [-0.25, -0.2) is 0 Å². The van der Waals surface area contributed by atoms with Gasteiger partial charge in [0.1, 0.15) is 0 Å². The van der Waals surface area contributed by atoms with Gasteiger partial charge in [0.05, 0.1) is 4.92 Å². The molecule has 0 radical (unpaired) electrons. The number of carbonyl (C=O) groups excluding carboxylic acids is 1. The highest BCUT2D eigenvalue weighted by Gasteiger charge is 2.15. The van der Waals surface area contributed by atoms with Gasteiger partial charge in [-0.05, 0) is 25.0 Å². The van der Waals surface area contributed by atoms with Gasteiger partial charge in [0.2, 0.25) is 0 Å². The van der Waals surface area contributed by atoms with Gasteiger partial charge in [0.25, 0.3) is 5.69 Å². The Morgan fingerprint density at radius 1 is 1.40 bits per heavy atom. The topological polar surface area (TPSA) is 60.2 Å². The number of nitrogens with zero attached hydrogens (tertiary/aromatic N) is 1. The van der Waals surface area contributed by atoms with E-state index in [2.05, 4.69) is 0 Å². The number of aryl methyl sites for hydroxylation is 1. The van der Waals surface area contributed by atoms with Crippen molar-refractivity contribution < 1.29 is 9.72 Å². The summed E-state index contributed by atoms with van der Waals surface area (Å²) in [5, 5.41) is 10.6. The summed E-state index contributed by atoms with van der Waals surface area (Å²) in [7, 11) is 0. The van der Waals surface area contributed by atoms with Gasteiger partial charge >= 0.3 is 0 Å². The lowest BCUT2D eigenvalue weighted by molar-refractivity contribution is -0.384. The molecular weight excluding hydrogens is 194 g/mol. The Kier molecular flexibility index (Phi) is 3.19. The van der Waals surface area contributed by atoms with Crippen LogP contribution < -0.4 is 0 Å². The van der Waals surface area contributed by atoms with E-state index in [0.29, 0.717) is 12.0 Å². The molecule has 0 spiro atoms. The molecule has 4 heteroatoms. The highest BCUT2D eigenvalue weighted by molar-refractivity contribution is 5.98. The number of benzene rings is 1. The van der Waals surface area contributed by atoms with Gasteiger partial charge in [-0.2, -0.15) is 0 Å². The fourth-order valence-electron chi connectivity index (χ4n) is 1.43. The van der Waals surface area contributed by atoms with Gasteiger partial charge in [0.15, 0.2) is 5.78 Å². The molecule has 0 amide bonds. The Morgan fingerprint density at radius 2 is 2.00 bits per heavy atom. The third kappa shape index (κ3) is 2.21. The zero-order valence-corrected chi connectivity index (χ0v) is 9.03. The molecule has 1 aromatic carbocycles. The Balaban J connectivity index is 3.37. The van der Waals surface area contributed by atoms with Crippen molar-refractivity contribution in [1.29, 1.82) is 0 Å². The van der Waals surface area contributed by atoms with Crippen LogP contribution in [0.4, 0.5) is 5.69 Å². The lowest BCUT2D eigenvalue weighted by Gasteiger charge is -2.06. The van der Waals surface area contributed by atoms with Gasteiger partial charge in [-0.15, -0.1) is 0 Å². The zero-order chi connectivity index (χ0) is 11.6. The largest absolute Gasteiger partial charge is 0.294 e. The normalized spacial score (nSPS) is 10.1. The molecule has 0 bridgehead atoms. The van der Waals surface area contributed by atoms with Crippen LogP contribution in [0.1, 0.15) is 34.8 Å². The second-order valence-electron chi connectivity index (χ2n) is 3.47. The number of rotatable bonds is 3. The van der Waals surface area contributed by atoms with E-state index in [0.717, 1.165) is 11.1 Å². The van der Waals surface area contributed by atoms with Crippen LogP contribution in [0, 0.1) is 24.0 Å². The maximum absolute atomic E-state index is 11.5. The highest BCUT2D eigenvalue weighted by atomic mass is 16.6. The zero-order valence-electron chi connectivity index (χ0n) is 9.03. The molecule has 0 unspecified atom stereocenters. The minimum Gasteiger partial charge on any atom is -0.294 e.